The van der Waals surface area contributed by atoms with Crippen molar-refractivity contribution in [3.05, 3.63) is 101 Å². The topological polar surface area (TPSA) is 96.1 Å². The van der Waals surface area contributed by atoms with Gasteiger partial charge in [0.15, 0.2) is 9.84 Å². The zero-order valence-electron chi connectivity index (χ0n) is 28.2. The molecule has 0 aliphatic rings. The molecule has 1 unspecified atom stereocenters. The lowest BCUT2D eigenvalue weighted by Gasteiger charge is -2.20. The molecule has 246 valence electrons. The third kappa shape index (κ3) is 9.89. The van der Waals surface area contributed by atoms with E-state index < -0.39 is 15.8 Å². The number of fused-ring (bicyclic) bond motifs is 1. The Morgan fingerprint density at radius 2 is 1.57 bits per heavy atom. The van der Waals surface area contributed by atoms with E-state index in [1.165, 1.54) is 0 Å². The van der Waals surface area contributed by atoms with Gasteiger partial charge in [0.25, 0.3) is 0 Å². The molecule has 1 aromatic heterocycles. The first-order valence-electron chi connectivity index (χ1n) is 16.5. The van der Waals surface area contributed by atoms with Crippen LogP contribution < -0.4 is 5.32 Å². The number of benzene rings is 3. The Labute approximate surface area is 275 Å². The first-order chi connectivity index (χ1) is 21.7. The summed E-state index contributed by atoms with van der Waals surface area (Å²) in [7, 11) is -3.56. The van der Waals surface area contributed by atoms with Crippen LogP contribution in [0, 0.1) is 11.8 Å². The molecule has 6 nitrogen and oxygen atoms in total. The van der Waals surface area contributed by atoms with E-state index in [1.807, 2.05) is 55.6 Å². The predicted octanol–water partition coefficient (Wildman–Crippen LogP) is 8.13. The first kappa shape index (κ1) is 35.1. The molecule has 4 aromatic rings. The minimum Gasteiger partial charge on any atom is -0.361 e. The molecular formula is C39H50N2O4S. The van der Waals surface area contributed by atoms with Gasteiger partial charge < -0.3 is 10.3 Å². The molecule has 7 heteroatoms. The summed E-state index contributed by atoms with van der Waals surface area (Å²) in [6, 6.07) is 22.3. The Balaban J connectivity index is 1.45. The highest BCUT2D eigenvalue weighted by Gasteiger charge is 2.25. The number of para-hydroxylation sites is 1. The molecule has 0 bridgehead atoms. The molecule has 0 spiro atoms. The van der Waals surface area contributed by atoms with Crippen LogP contribution in [-0.4, -0.2) is 31.1 Å². The van der Waals surface area contributed by atoms with Crippen LogP contribution in [-0.2, 0) is 43.4 Å². The average Bonchev–Trinajstić information content (AvgIpc) is 3.39. The largest absolute Gasteiger partial charge is 0.361 e. The SMILES string of the molecule is CC(C)CCCC(C)NC(=O)[C@H](CC(=O)Cc1cccc(CS(=O)(=O)c2ccc(C(C)(C)C)cc2)c1)Cc1c[nH]c2ccccc12. The zero-order valence-corrected chi connectivity index (χ0v) is 29.0. The number of amides is 1. The van der Waals surface area contributed by atoms with Crippen LogP contribution in [0.5, 0.6) is 0 Å². The van der Waals surface area contributed by atoms with Crippen molar-refractivity contribution in [2.45, 2.75) is 102 Å². The number of carbonyl (C=O) groups is 2. The minimum absolute atomic E-state index is 0.0233. The fourth-order valence-corrected chi connectivity index (χ4v) is 7.29. The second kappa shape index (κ2) is 15.3. The van der Waals surface area contributed by atoms with Crippen LogP contribution in [0.1, 0.15) is 89.5 Å². The van der Waals surface area contributed by atoms with Crippen molar-refractivity contribution in [3.8, 4) is 0 Å². The summed E-state index contributed by atoms with van der Waals surface area (Å²) in [6.45, 7) is 12.7. The number of carbonyl (C=O) groups excluding carboxylic acids is 2. The Morgan fingerprint density at radius 1 is 0.870 bits per heavy atom. The predicted molar refractivity (Wildman–Crippen MR) is 188 cm³/mol. The number of sulfone groups is 1. The molecular weight excluding hydrogens is 593 g/mol. The van der Waals surface area contributed by atoms with E-state index in [2.05, 4.69) is 44.9 Å². The van der Waals surface area contributed by atoms with Crippen molar-refractivity contribution in [1.82, 2.24) is 10.3 Å². The molecule has 0 aliphatic heterocycles. The summed E-state index contributed by atoms with van der Waals surface area (Å²) >= 11 is 0. The smallest absolute Gasteiger partial charge is 0.224 e. The van der Waals surface area contributed by atoms with Crippen LogP contribution in [0.15, 0.2) is 83.9 Å². The van der Waals surface area contributed by atoms with Crippen molar-refractivity contribution in [3.63, 3.8) is 0 Å². The van der Waals surface area contributed by atoms with Gasteiger partial charge in [-0.3, -0.25) is 9.59 Å². The monoisotopic (exact) mass is 642 g/mol. The maximum Gasteiger partial charge on any atom is 0.224 e. The highest BCUT2D eigenvalue weighted by molar-refractivity contribution is 7.90. The number of H-pyrrole nitrogens is 1. The normalized spacial score (nSPS) is 13.5. The second-order valence-corrected chi connectivity index (χ2v) is 16.3. The van der Waals surface area contributed by atoms with Gasteiger partial charge in [0.05, 0.1) is 10.6 Å². The van der Waals surface area contributed by atoms with Crippen LogP contribution in [0.25, 0.3) is 10.9 Å². The van der Waals surface area contributed by atoms with E-state index in [-0.39, 0.29) is 46.6 Å². The van der Waals surface area contributed by atoms with E-state index >= 15 is 0 Å². The summed E-state index contributed by atoms with van der Waals surface area (Å²) in [4.78, 5) is 30.6. The Bertz CT molecular complexity index is 1730. The number of Topliss-reactive ketones (excluding diaryl/α,β-unsaturated/α-hetero) is 1. The van der Waals surface area contributed by atoms with Crippen LogP contribution in [0.4, 0.5) is 0 Å². The number of nitrogens with one attached hydrogen (secondary N) is 2. The standard InChI is InChI=1S/C39H50N2O4S/c1-27(2)11-9-12-28(3)41-38(43)31(23-32-25-40-37-16-8-7-15-36(32)37)24-34(42)22-29-13-10-14-30(21-29)26-46(44,45)35-19-17-33(18-20-35)39(4,5)6/h7-8,10,13-21,25,27-28,31,40H,9,11-12,22-24,26H2,1-6H3,(H,41,43)/t28?,31-/m0/s1. The van der Waals surface area contributed by atoms with Gasteiger partial charge in [-0.25, -0.2) is 8.42 Å². The van der Waals surface area contributed by atoms with Gasteiger partial charge in [-0.15, -0.1) is 0 Å². The number of ketones is 1. The van der Waals surface area contributed by atoms with E-state index in [4.69, 9.17) is 0 Å². The average molecular weight is 643 g/mol. The van der Waals surface area contributed by atoms with Gasteiger partial charge in [0, 0.05) is 41.9 Å². The minimum atomic E-state index is -3.56. The van der Waals surface area contributed by atoms with E-state index in [1.54, 1.807) is 30.3 Å². The fraction of sp³-hybridized carbons (Fsp3) is 0.436. The fourth-order valence-electron chi connectivity index (χ4n) is 5.96. The lowest BCUT2D eigenvalue weighted by molar-refractivity contribution is -0.129. The van der Waals surface area contributed by atoms with E-state index in [9.17, 15) is 18.0 Å². The van der Waals surface area contributed by atoms with Gasteiger partial charge >= 0.3 is 0 Å². The number of aromatic nitrogens is 1. The molecule has 1 heterocycles. The van der Waals surface area contributed by atoms with Gasteiger partial charge in [0.2, 0.25) is 5.91 Å². The summed E-state index contributed by atoms with van der Waals surface area (Å²) in [5.41, 5.74) is 4.40. The lowest BCUT2D eigenvalue weighted by Crippen LogP contribution is -2.39. The zero-order chi connectivity index (χ0) is 33.5. The quantitative estimate of drug-likeness (QED) is 0.137. The number of hydrogen-bond acceptors (Lipinski definition) is 4. The van der Waals surface area contributed by atoms with Crippen molar-refractivity contribution >= 4 is 32.4 Å². The molecule has 3 aromatic carbocycles. The van der Waals surface area contributed by atoms with Crippen LogP contribution in [0.3, 0.4) is 0 Å². The van der Waals surface area contributed by atoms with Crippen molar-refractivity contribution < 1.29 is 18.0 Å². The Morgan fingerprint density at radius 3 is 2.26 bits per heavy atom. The number of hydrogen-bond donors (Lipinski definition) is 2. The van der Waals surface area contributed by atoms with Crippen molar-refractivity contribution in [1.29, 1.82) is 0 Å². The van der Waals surface area contributed by atoms with Crippen molar-refractivity contribution in [2.75, 3.05) is 0 Å². The van der Waals surface area contributed by atoms with Gasteiger partial charge in [-0.1, -0.05) is 102 Å². The summed E-state index contributed by atoms with van der Waals surface area (Å²) in [5.74, 6) is -0.199. The first-order valence-corrected chi connectivity index (χ1v) is 18.1. The second-order valence-electron chi connectivity index (χ2n) is 14.3. The van der Waals surface area contributed by atoms with Gasteiger partial charge in [-0.2, -0.15) is 0 Å². The van der Waals surface area contributed by atoms with Gasteiger partial charge in [-0.05, 0) is 71.6 Å². The third-order valence-electron chi connectivity index (χ3n) is 8.62. The molecule has 0 aliphatic carbocycles. The summed E-state index contributed by atoms with van der Waals surface area (Å²) in [5, 5.41) is 4.23. The maximum absolute atomic E-state index is 13.6. The lowest BCUT2D eigenvalue weighted by atomic mass is 9.87. The molecule has 0 fully saturated rings. The number of aromatic amines is 1. The van der Waals surface area contributed by atoms with E-state index in [0.29, 0.717) is 17.9 Å². The summed E-state index contributed by atoms with van der Waals surface area (Å²) in [6.07, 6.45) is 5.67. The molecule has 4 rings (SSSR count). The molecule has 1 amide bonds. The molecule has 46 heavy (non-hydrogen) atoms. The Kier molecular flexibility index (Phi) is 11.7. The highest BCUT2D eigenvalue weighted by atomic mass is 32.2. The maximum atomic E-state index is 13.6. The highest BCUT2D eigenvalue weighted by Crippen LogP contribution is 2.26. The van der Waals surface area contributed by atoms with E-state index in [0.717, 1.165) is 46.9 Å². The molecule has 2 atom stereocenters. The molecule has 0 saturated carbocycles. The van der Waals surface area contributed by atoms with Crippen LogP contribution in [0.2, 0.25) is 0 Å². The summed E-state index contributed by atoms with van der Waals surface area (Å²) < 4.78 is 26.5. The van der Waals surface area contributed by atoms with Crippen molar-refractivity contribution in [2.24, 2.45) is 11.8 Å². The third-order valence-corrected chi connectivity index (χ3v) is 10.3. The molecule has 2 N–H and O–H groups in total. The Hall–Kier alpha value is -3.71. The van der Waals surface area contributed by atoms with Crippen LogP contribution >= 0.6 is 0 Å². The van der Waals surface area contributed by atoms with Gasteiger partial charge in [0.1, 0.15) is 5.78 Å². The molecule has 0 radical (unpaired) electrons. The number of rotatable bonds is 15. The molecule has 0 saturated heterocycles.